The molecule has 0 aliphatic carbocycles. The fourth-order valence-corrected chi connectivity index (χ4v) is 3.81. The molecule has 0 saturated heterocycles. The van der Waals surface area contributed by atoms with Crippen LogP contribution in [0.25, 0.3) is 11.0 Å². The highest BCUT2D eigenvalue weighted by atomic mass is 35.5. The topological polar surface area (TPSA) is 89.4 Å². The van der Waals surface area contributed by atoms with Crippen LogP contribution >= 0.6 is 11.6 Å². The van der Waals surface area contributed by atoms with Gasteiger partial charge in [-0.2, -0.15) is 0 Å². The van der Waals surface area contributed by atoms with Gasteiger partial charge in [0.1, 0.15) is 11.3 Å². The van der Waals surface area contributed by atoms with E-state index in [1.807, 2.05) is 0 Å². The van der Waals surface area contributed by atoms with Gasteiger partial charge in [-0.25, -0.2) is 0 Å². The smallest absolute Gasteiger partial charge is 0.296 e. The van der Waals surface area contributed by atoms with E-state index < -0.39 is 11.9 Å². The molecule has 5 rings (SSSR count). The molecule has 1 aliphatic heterocycles. The quantitative estimate of drug-likeness (QED) is 0.494. The first-order valence-electron chi connectivity index (χ1n) is 8.89. The van der Waals surface area contributed by atoms with Crippen LogP contribution in [-0.2, 0) is 0 Å². The molecule has 0 radical (unpaired) electrons. The zero-order valence-electron chi connectivity index (χ0n) is 15.5. The highest BCUT2D eigenvalue weighted by molar-refractivity contribution is 6.32. The second-order valence-corrected chi connectivity index (χ2v) is 7.34. The first kappa shape index (κ1) is 17.6. The van der Waals surface area contributed by atoms with Gasteiger partial charge in [-0.3, -0.25) is 19.5 Å². The summed E-state index contributed by atoms with van der Waals surface area (Å²) in [6.45, 7) is 3.53. The molecule has 1 amide bonds. The van der Waals surface area contributed by atoms with Gasteiger partial charge in [0.25, 0.3) is 5.91 Å². The Labute approximate surface area is 169 Å². The largest absolute Gasteiger partial charge is 0.450 e. The molecule has 1 atom stereocenters. The lowest BCUT2D eigenvalue weighted by atomic mass is 9.99. The fourth-order valence-electron chi connectivity index (χ4n) is 3.65. The zero-order chi connectivity index (χ0) is 20.3. The van der Waals surface area contributed by atoms with Crippen molar-refractivity contribution >= 4 is 34.3 Å². The molecule has 1 aliphatic rings. The average Bonchev–Trinajstić information content (AvgIpc) is 3.26. The second kappa shape index (κ2) is 6.28. The lowest BCUT2D eigenvalue weighted by Gasteiger charge is -2.21. The standard InChI is InChI=1S/C21H14ClN3O4/c1-10-6-15-13(8-14(10)22)19(26)17-18(12-4-3-5-23-9-12)25(21(27)20(17)28-15)16-7-11(2)29-24-16/h3-9,18H,1-2H3/t18-/m0/s1. The molecule has 0 fully saturated rings. The third-order valence-electron chi connectivity index (χ3n) is 5.01. The van der Waals surface area contributed by atoms with Gasteiger partial charge >= 0.3 is 0 Å². The van der Waals surface area contributed by atoms with E-state index in [4.69, 9.17) is 20.5 Å². The molecule has 0 unspecified atom stereocenters. The van der Waals surface area contributed by atoms with E-state index in [1.54, 1.807) is 56.6 Å². The van der Waals surface area contributed by atoms with Crippen LogP contribution in [0.15, 0.2) is 56.5 Å². The number of halogens is 1. The predicted molar refractivity (Wildman–Crippen MR) is 106 cm³/mol. The summed E-state index contributed by atoms with van der Waals surface area (Å²) in [5.74, 6) is 0.360. The van der Waals surface area contributed by atoms with Crippen LogP contribution in [0, 0.1) is 13.8 Å². The summed E-state index contributed by atoms with van der Waals surface area (Å²) in [6, 6.07) is 7.67. The summed E-state index contributed by atoms with van der Waals surface area (Å²) < 4.78 is 11.1. The lowest BCUT2D eigenvalue weighted by Crippen LogP contribution is -2.29. The predicted octanol–water partition coefficient (Wildman–Crippen LogP) is 4.20. The Balaban J connectivity index is 1.84. The monoisotopic (exact) mass is 407 g/mol. The number of benzene rings is 1. The molecule has 0 N–H and O–H groups in total. The number of rotatable bonds is 2. The Morgan fingerprint density at radius 1 is 1.17 bits per heavy atom. The SMILES string of the molecule is Cc1cc(N2C(=O)c3oc4cc(C)c(Cl)cc4c(=O)c3[C@@H]2c2cccnc2)no1. The summed E-state index contributed by atoms with van der Waals surface area (Å²) in [5.41, 5.74) is 1.64. The second-order valence-electron chi connectivity index (χ2n) is 6.93. The van der Waals surface area contributed by atoms with Crippen molar-refractivity contribution < 1.29 is 13.7 Å². The van der Waals surface area contributed by atoms with Gasteiger partial charge in [0.2, 0.25) is 5.76 Å². The van der Waals surface area contributed by atoms with Gasteiger partial charge in [-0.15, -0.1) is 0 Å². The minimum atomic E-state index is -0.739. The Hall–Kier alpha value is -3.45. The number of pyridine rings is 1. The Kier molecular flexibility index (Phi) is 3.82. The number of aryl methyl sites for hydroxylation is 2. The summed E-state index contributed by atoms with van der Waals surface area (Å²) >= 11 is 6.23. The molecule has 1 aromatic carbocycles. The fraction of sp³-hybridized carbons (Fsp3) is 0.143. The first-order chi connectivity index (χ1) is 14.0. The van der Waals surface area contributed by atoms with Gasteiger partial charge in [0.05, 0.1) is 17.0 Å². The normalized spacial score (nSPS) is 15.9. The van der Waals surface area contributed by atoms with Crippen LogP contribution in [0.4, 0.5) is 5.82 Å². The number of aromatic nitrogens is 2. The molecule has 7 nitrogen and oxygen atoms in total. The third kappa shape index (κ3) is 2.58. The van der Waals surface area contributed by atoms with Gasteiger partial charge < -0.3 is 8.94 Å². The number of carbonyl (C=O) groups is 1. The Morgan fingerprint density at radius 3 is 2.69 bits per heavy atom. The molecule has 0 saturated carbocycles. The van der Waals surface area contributed by atoms with E-state index in [-0.39, 0.29) is 16.8 Å². The molecule has 4 aromatic rings. The van der Waals surface area contributed by atoms with Crippen molar-refractivity contribution in [3.63, 3.8) is 0 Å². The Bertz CT molecular complexity index is 1340. The Morgan fingerprint density at radius 2 is 2.00 bits per heavy atom. The number of amides is 1. The zero-order valence-corrected chi connectivity index (χ0v) is 16.2. The minimum Gasteiger partial charge on any atom is -0.450 e. The molecule has 3 aromatic heterocycles. The number of hydrogen-bond donors (Lipinski definition) is 0. The van der Waals surface area contributed by atoms with Crippen molar-refractivity contribution in [3.8, 4) is 0 Å². The van der Waals surface area contributed by atoms with Crippen LogP contribution in [0.5, 0.6) is 0 Å². The molecule has 0 bridgehead atoms. The molecule has 4 heterocycles. The van der Waals surface area contributed by atoms with Crippen LogP contribution < -0.4 is 10.3 Å². The van der Waals surface area contributed by atoms with Crippen LogP contribution in [0.1, 0.15) is 39.0 Å². The van der Waals surface area contributed by atoms with Crippen molar-refractivity contribution in [2.45, 2.75) is 19.9 Å². The summed E-state index contributed by atoms with van der Waals surface area (Å²) in [7, 11) is 0. The highest BCUT2D eigenvalue weighted by Crippen LogP contribution is 2.41. The summed E-state index contributed by atoms with van der Waals surface area (Å²) in [4.78, 5) is 32.3. The van der Waals surface area contributed by atoms with Crippen molar-refractivity contribution in [1.29, 1.82) is 0 Å². The van der Waals surface area contributed by atoms with E-state index in [0.717, 1.165) is 5.56 Å². The number of nitrogens with zero attached hydrogens (tertiary/aromatic N) is 3. The molecule has 144 valence electrons. The van der Waals surface area contributed by atoms with E-state index in [9.17, 15) is 9.59 Å². The maximum absolute atomic E-state index is 13.4. The molecule has 8 heteroatoms. The average molecular weight is 408 g/mol. The molecular formula is C21H14ClN3O4. The first-order valence-corrected chi connectivity index (χ1v) is 9.27. The van der Waals surface area contributed by atoms with Crippen molar-refractivity contribution in [2.75, 3.05) is 4.90 Å². The third-order valence-corrected chi connectivity index (χ3v) is 5.42. The number of hydrogen-bond acceptors (Lipinski definition) is 6. The maximum atomic E-state index is 13.4. The maximum Gasteiger partial charge on any atom is 0.296 e. The van der Waals surface area contributed by atoms with Gasteiger partial charge in [-0.05, 0) is 43.2 Å². The van der Waals surface area contributed by atoms with Gasteiger partial charge in [0.15, 0.2) is 11.2 Å². The molecule has 29 heavy (non-hydrogen) atoms. The van der Waals surface area contributed by atoms with Crippen LogP contribution in [-0.4, -0.2) is 16.0 Å². The van der Waals surface area contributed by atoms with Gasteiger partial charge in [0, 0.05) is 23.5 Å². The number of fused-ring (bicyclic) bond motifs is 2. The lowest BCUT2D eigenvalue weighted by molar-refractivity contribution is 0.0969. The number of anilines is 1. The van der Waals surface area contributed by atoms with Crippen molar-refractivity contribution in [2.24, 2.45) is 0 Å². The van der Waals surface area contributed by atoms with E-state index in [0.29, 0.717) is 33.1 Å². The van der Waals surface area contributed by atoms with E-state index >= 15 is 0 Å². The van der Waals surface area contributed by atoms with Gasteiger partial charge in [-0.1, -0.05) is 22.8 Å². The van der Waals surface area contributed by atoms with E-state index in [1.165, 1.54) is 4.90 Å². The van der Waals surface area contributed by atoms with Crippen molar-refractivity contribution in [1.82, 2.24) is 10.1 Å². The molecule has 0 spiro atoms. The van der Waals surface area contributed by atoms with Crippen LogP contribution in [0.2, 0.25) is 5.02 Å². The summed E-state index contributed by atoms with van der Waals surface area (Å²) in [5, 5.41) is 4.75. The highest BCUT2D eigenvalue weighted by Gasteiger charge is 2.45. The van der Waals surface area contributed by atoms with Crippen LogP contribution in [0.3, 0.4) is 0 Å². The minimum absolute atomic E-state index is 0.0151. The van der Waals surface area contributed by atoms with Crippen molar-refractivity contribution in [3.05, 3.63) is 86.2 Å². The van der Waals surface area contributed by atoms with E-state index in [2.05, 4.69) is 10.1 Å². The summed E-state index contributed by atoms with van der Waals surface area (Å²) in [6.07, 6.45) is 3.23. The number of carbonyl (C=O) groups excluding carboxylic acids is 1. The molecular weight excluding hydrogens is 394 g/mol.